The number of anilines is 1. The number of thiazole rings is 1. The van der Waals surface area contributed by atoms with Crippen LogP contribution in [0, 0.1) is 0 Å². The monoisotopic (exact) mass is 334 g/mol. The van der Waals surface area contributed by atoms with Crippen molar-refractivity contribution in [1.29, 1.82) is 0 Å². The summed E-state index contributed by atoms with van der Waals surface area (Å²) in [7, 11) is -3.26. The van der Waals surface area contributed by atoms with Crippen molar-refractivity contribution in [3.05, 3.63) is 41.1 Å². The summed E-state index contributed by atoms with van der Waals surface area (Å²) in [5, 5.41) is 6.91. The molecule has 3 rings (SSSR count). The second kappa shape index (κ2) is 5.98. The van der Waals surface area contributed by atoms with Gasteiger partial charge in [-0.3, -0.25) is 0 Å². The highest BCUT2D eigenvalue weighted by atomic mass is 32.2. The first kappa shape index (κ1) is 14.9. The van der Waals surface area contributed by atoms with Crippen LogP contribution in [0.4, 0.5) is 5.82 Å². The van der Waals surface area contributed by atoms with Gasteiger partial charge in [-0.15, -0.1) is 11.3 Å². The van der Waals surface area contributed by atoms with Gasteiger partial charge in [0, 0.05) is 36.2 Å². The second-order valence-corrected chi connectivity index (χ2v) is 7.77. The molecule has 6 nitrogen and oxygen atoms in total. The van der Waals surface area contributed by atoms with Gasteiger partial charge in [0.2, 0.25) is 0 Å². The molecule has 3 aromatic rings. The van der Waals surface area contributed by atoms with E-state index in [9.17, 15) is 8.42 Å². The first-order valence-electron chi connectivity index (χ1n) is 6.61. The van der Waals surface area contributed by atoms with Gasteiger partial charge in [-0.05, 0) is 18.2 Å². The van der Waals surface area contributed by atoms with Crippen molar-refractivity contribution in [2.24, 2.45) is 0 Å². The van der Waals surface area contributed by atoms with Gasteiger partial charge < -0.3 is 5.32 Å². The first-order chi connectivity index (χ1) is 10.5. The SMILES string of the molecule is CS(=O)(=O)c1ccc2ncnc(NCCc3nccs3)c2c1. The molecule has 2 aromatic heterocycles. The van der Waals surface area contributed by atoms with E-state index in [1.54, 1.807) is 35.7 Å². The predicted octanol–water partition coefficient (Wildman–Crippen LogP) is 2.14. The van der Waals surface area contributed by atoms with Gasteiger partial charge in [-0.1, -0.05) is 0 Å². The molecule has 0 saturated carbocycles. The Morgan fingerprint density at radius 2 is 2.09 bits per heavy atom. The van der Waals surface area contributed by atoms with Crippen LogP contribution < -0.4 is 5.32 Å². The van der Waals surface area contributed by atoms with Crippen LogP contribution in [-0.4, -0.2) is 36.2 Å². The van der Waals surface area contributed by atoms with Crippen molar-refractivity contribution in [2.75, 3.05) is 18.1 Å². The molecule has 0 saturated heterocycles. The zero-order valence-electron chi connectivity index (χ0n) is 11.9. The Hall–Kier alpha value is -2.06. The fourth-order valence-corrected chi connectivity index (χ4v) is 3.34. The molecule has 114 valence electrons. The van der Waals surface area contributed by atoms with Crippen LogP contribution in [0.15, 0.2) is 41.0 Å². The molecule has 2 heterocycles. The van der Waals surface area contributed by atoms with Crippen LogP contribution in [0.2, 0.25) is 0 Å². The lowest BCUT2D eigenvalue weighted by molar-refractivity contribution is 0.602. The summed E-state index contributed by atoms with van der Waals surface area (Å²) in [6.45, 7) is 0.669. The first-order valence-corrected chi connectivity index (χ1v) is 9.38. The summed E-state index contributed by atoms with van der Waals surface area (Å²) < 4.78 is 23.4. The highest BCUT2D eigenvalue weighted by Gasteiger charge is 2.11. The fourth-order valence-electron chi connectivity index (χ4n) is 2.07. The smallest absolute Gasteiger partial charge is 0.175 e. The molecule has 8 heteroatoms. The molecule has 0 aliphatic carbocycles. The standard InChI is InChI=1S/C14H14N4O2S2/c1-22(19,20)10-2-3-12-11(8-10)14(18-9-17-12)16-5-4-13-15-6-7-21-13/h2-3,6-9H,4-5H2,1H3,(H,16,17,18). The van der Waals surface area contributed by atoms with Gasteiger partial charge in [0.05, 0.1) is 15.4 Å². The summed E-state index contributed by atoms with van der Waals surface area (Å²) in [6.07, 6.45) is 5.22. The Balaban J connectivity index is 1.88. The van der Waals surface area contributed by atoms with Gasteiger partial charge in [-0.25, -0.2) is 23.4 Å². The van der Waals surface area contributed by atoms with Gasteiger partial charge in [-0.2, -0.15) is 0 Å². The number of hydrogen-bond donors (Lipinski definition) is 1. The normalized spacial score (nSPS) is 11.7. The number of benzene rings is 1. The Morgan fingerprint density at radius 1 is 1.23 bits per heavy atom. The molecule has 0 atom stereocenters. The molecule has 0 unspecified atom stereocenters. The van der Waals surface area contributed by atoms with E-state index in [0.29, 0.717) is 23.3 Å². The van der Waals surface area contributed by atoms with E-state index in [0.717, 1.165) is 11.4 Å². The number of rotatable bonds is 5. The molecule has 0 aliphatic rings. The van der Waals surface area contributed by atoms with E-state index in [-0.39, 0.29) is 4.90 Å². The van der Waals surface area contributed by atoms with E-state index in [4.69, 9.17) is 0 Å². The summed E-state index contributed by atoms with van der Waals surface area (Å²) in [5.41, 5.74) is 0.708. The Labute approximate surface area is 132 Å². The van der Waals surface area contributed by atoms with Crippen molar-refractivity contribution < 1.29 is 8.42 Å². The number of fused-ring (bicyclic) bond motifs is 1. The van der Waals surface area contributed by atoms with E-state index in [1.807, 2.05) is 5.38 Å². The predicted molar refractivity (Wildman–Crippen MR) is 87.0 cm³/mol. The molecule has 0 bridgehead atoms. The van der Waals surface area contributed by atoms with Gasteiger partial charge >= 0.3 is 0 Å². The van der Waals surface area contributed by atoms with E-state index >= 15 is 0 Å². The summed E-state index contributed by atoms with van der Waals surface area (Å²) in [6, 6.07) is 4.86. The fraction of sp³-hybridized carbons (Fsp3) is 0.214. The molecule has 1 aromatic carbocycles. The van der Waals surface area contributed by atoms with Crippen LogP contribution >= 0.6 is 11.3 Å². The zero-order chi connectivity index (χ0) is 15.6. The molecule has 22 heavy (non-hydrogen) atoms. The maximum Gasteiger partial charge on any atom is 0.175 e. The Bertz CT molecular complexity index is 892. The minimum absolute atomic E-state index is 0.262. The lowest BCUT2D eigenvalue weighted by Crippen LogP contribution is -2.07. The average Bonchev–Trinajstić information content (AvgIpc) is 2.99. The van der Waals surface area contributed by atoms with Crippen molar-refractivity contribution in [3.8, 4) is 0 Å². The second-order valence-electron chi connectivity index (χ2n) is 4.78. The Morgan fingerprint density at radius 3 is 2.82 bits per heavy atom. The number of aromatic nitrogens is 3. The van der Waals surface area contributed by atoms with Crippen LogP contribution in [0.5, 0.6) is 0 Å². The van der Waals surface area contributed by atoms with E-state index in [1.165, 1.54) is 12.6 Å². The van der Waals surface area contributed by atoms with E-state index < -0.39 is 9.84 Å². The molecule has 0 amide bonds. The van der Waals surface area contributed by atoms with Crippen molar-refractivity contribution in [2.45, 2.75) is 11.3 Å². The summed E-state index contributed by atoms with van der Waals surface area (Å²) >= 11 is 1.60. The van der Waals surface area contributed by atoms with E-state index in [2.05, 4.69) is 20.3 Å². The lowest BCUT2D eigenvalue weighted by atomic mass is 10.2. The van der Waals surface area contributed by atoms with Crippen LogP contribution in [0.25, 0.3) is 10.9 Å². The third-order valence-corrected chi connectivity index (χ3v) is 5.10. The molecular weight excluding hydrogens is 320 g/mol. The highest BCUT2D eigenvalue weighted by Crippen LogP contribution is 2.23. The quantitative estimate of drug-likeness (QED) is 0.769. The average molecular weight is 334 g/mol. The minimum Gasteiger partial charge on any atom is -0.369 e. The largest absolute Gasteiger partial charge is 0.369 e. The molecular formula is C14H14N4O2S2. The van der Waals surface area contributed by atoms with Crippen molar-refractivity contribution >= 4 is 37.9 Å². The van der Waals surface area contributed by atoms with Crippen molar-refractivity contribution in [1.82, 2.24) is 15.0 Å². The van der Waals surface area contributed by atoms with Crippen LogP contribution in [-0.2, 0) is 16.3 Å². The highest BCUT2D eigenvalue weighted by molar-refractivity contribution is 7.90. The van der Waals surface area contributed by atoms with Crippen LogP contribution in [0.1, 0.15) is 5.01 Å². The van der Waals surface area contributed by atoms with Crippen LogP contribution in [0.3, 0.4) is 0 Å². The lowest BCUT2D eigenvalue weighted by Gasteiger charge is -2.08. The van der Waals surface area contributed by atoms with Gasteiger partial charge in [0.15, 0.2) is 9.84 Å². The number of sulfone groups is 1. The molecule has 0 fully saturated rings. The number of hydrogen-bond acceptors (Lipinski definition) is 7. The summed E-state index contributed by atoms with van der Waals surface area (Å²) in [5.74, 6) is 0.632. The summed E-state index contributed by atoms with van der Waals surface area (Å²) in [4.78, 5) is 12.9. The Kier molecular flexibility index (Phi) is 4.04. The molecule has 1 N–H and O–H groups in total. The third kappa shape index (κ3) is 3.23. The number of nitrogens with zero attached hydrogens (tertiary/aromatic N) is 3. The molecule has 0 aliphatic heterocycles. The van der Waals surface area contributed by atoms with Gasteiger partial charge in [0.25, 0.3) is 0 Å². The zero-order valence-corrected chi connectivity index (χ0v) is 13.5. The molecule has 0 radical (unpaired) electrons. The maximum absolute atomic E-state index is 11.7. The van der Waals surface area contributed by atoms with Gasteiger partial charge in [0.1, 0.15) is 12.1 Å². The molecule has 0 spiro atoms. The van der Waals surface area contributed by atoms with Crippen molar-refractivity contribution in [3.63, 3.8) is 0 Å². The number of nitrogens with one attached hydrogen (secondary N) is 1. The third-order valence-electron chi connectivity index (χ3n) is 3.15. The maximum atomic E-state index is 11.7. The minimum atomic E-state index is -3.26. The topological polar surface area (TPSA) is 84.8 Å².